The fourth-order valence-corrected chi connectivity index (χ4v) is 4.77. The molecule has 5 rings (SSSR count). The summed E-state index contributed by atoms with van der Waals surface area (Å²) in [6.45, 7) is 5.16. The van der Waals surface area contributed by atoms with Gasteiger partial charge in [0.15, 0.2) is 0 Å². The first-order chi connectivity index (χ1) is 15.1. The number of likely N-dealkylation sites (tertiary alicyclic amines) is 1. The molecule has 2 N–H and O–H groups in total. The molecule has 2 aromatic heterocycles. The number of aryl methyl sites for hydroxylation is 1. The molecular weight excluding hydrogens is 388 g/mol. The van der Waals surface area contributed by atoms with E-state index in [-0.39, 0.29) is 12.1 Å². The highest BCUT2D eigenvalue weighted by atomic mass is 16.2. The standard InChI is InChI=1S/C24H28N6O/c1-16-3-5-17(6-4-16)19-13-29(2)15-22(19)26-24(31)30-12-9-21-20(14-30)23(28-27-21)18-7-10-25-11-8-18/h3-8,10-11,19,22H,9,12-15H2,1-2H3,(H,26,31)(H,27,28)/t19-,22+/m1/s1. The number of hydrogen-bond donors (Lipinski definition) is 2. The number of hydrogen-bond acceptors (Lipinski definition) is 4. The predicted molar refractivity (Wildman–Crippen MR) is 120 cm³/mol. The predicted octanol–water partition coefficient (Wildman–Crippen LogP) is 2.95. The molecule has 3 aromatic rings. The van der Waals surface area contributed by atoms with Gasteiger partial charge in [0.1, 0.15) is 0 Å². The van der Waals surface area contributed by atoms with Crippen LogP contribution in [0.2, 0.25) is 0 Å². The number of carbonyl (C=O) groups excluding carboxylic acids is 1. The van der Waals surface area contributed by atoms with Crippen molar-refractivity contribution >= 4 is 6.03 Å². The van der Waals surface area contributed by atoms with Crippen molar-refractivity contribution in [3.8, 4) is 11.3 Å². The summed E-state index contributed by atoms with van der Waals surface area (Å²) in [4.78, 5) is 21.5. The number of urea groups is 1. The van der Waals surface area contributed by atoms with Crippen LogP contribution in [0.3, 0.4) is 0 Å². The summed E-state index contributed by atoms with van der Waals surface area (Å²) in [7, 11) is 2.12. The van der Waals surface area contributed by atoms with Gasteiger partial charge in [-0.25, -0.2) is 4.79 Å². The van der Waals surface area contributed by atoms with E-state index in [2.05, 4.69) is 63.6 Å². The number of pyridine rings is 1. The van der Waals surface area contributed by atoms with Crippen molar-refractivity contribution in [2.24, 2.45) is 0 Å². The van der Waals surface area contributed by atoms with Crippen molar-refractivity contribution in [1.82, 2.24) is 30.3 Å². The highest BCUT2D eigenvalue weighted by Crippen LogP contribution is 2.30. The number of aromatic nitrogens is 3. The maximum absolute atomic E-state index is 13.2. The number of carbonyl (C=O) groups is 1. The molecule has 31 heavy (non-hydrogen) atoms. The van der Waals surface area contributed by atoms with Crippen LogP contribution < -0.4 is 5.32 Å². The monoisotopic (exact) mass is 416 g/mol. The molecule has 0 aliphatic carbocycles. The lowest BCUT2D eigenvalue weighted by atomic mass is 9.93. The highest BCUT2D eigenvalue weighted by molar-refractivity contribution is 5.76. The topological polar surface area (TPSA) is 77.2 Å². The Morgan fingerprint density at radius 3 is 2.68 bits per heavy atom. The number of fused-ring (bicyclic) bond motifs is 1. The van der Waals surface area contributed by atoms with Crippen LogP contribution in [0.15, 0.2) is 48.8 Å². The zero-order chi connectivity index (χ0) is 21.4. The van der Waals surface area contributed by atoms with Crippen LogP contribution in [0, 0.1) is 6.92 Å². The van der Waals surface area contributed by atoms with Gasteiger partial charge in [0.2, 0.25) is 0 Å². The van der Waals surface area contributed by atoms with Gasteiger partial charge in [0, 0.05) is 61.2 Å². The minimum absolute atomic E-state index is 0.00457. The van der Waals surface area contributed by atoms with Crippen LogP contribution in [-0.2, 0) is 13.0 Å². The fourth-order valence-electron chi connectivity index (χ4n) is 4.77. The molecule has 7 heteroatoms. The van der Waals surface area contributed by atoms with Gasteiger partial charge in [-0.05, 0) is 31.7 Å². The molecule has 4 heterocycles. The van der Waals surface area contributed by atoms with Crippen molar-refractivity contribution in [3.63, 3.8) is 0 Å². The largest absolute Gasteiger partial charge is 0.333 e. The van der Waals surface area contributed by atoms with Gasteiger partial charge in [-0.2, -0.15) is 5.10 Å². The third kappa shape index (κ3) is 3.93. The SMILES string of the molecule is Cc1ccc([C@H]2CN(C)C[C@@H]2NC(=O)N2CCc3[nH]nc(-c4ccncc4)c3C2)cc1. The van der Waals surface area contributed by atoms with Gasteiger partial charge >= 0.3 is 6.03 Å². The lowest BCUT2D eigenvalue weighted by Crippen LogP contribution is -2.48. The maximum atomic E-state index is 13.2. The molecule has 2 aliphatic rings. The van der Waals surface area contributed by atoms with Crippen molar-refractivity contribution in [1.29, 1.82) is 0 Å². The Labute approximate surface area is 182 Å². The molecule has 1 fully saturated rings. The minimum atomic E-state index is 0.00457. The maximum Gasteiger partial charge on any atom is 0.317 e. The normalized spacial score (nSPS) is 21.2. The van der Waals surface area contributed by atoms with Gasteiger partial charge in [-0.3, -0.25) is 10.1 Å². The molecule has 2 amide bonds. The quantitative estimate of drug-likeness (QED) is 0.688. The Kier molecular flexibility index (Phi) is 5.19. The minimum Gasteiger partial charge on any atom is -0.333 e. The van der Waals surface area contributed by atoms with Crippen LogP contribution in [-0.4, -0.2) is 63.7 Å². The Hall–Kier alpha value is -3.19. The summed E-state index contributed by atoms with van der Waals surface area (Å²) < 4.78 is 0. The Morgan fingerprint density at radius 2 is 1.90 bits per heavy atom. The van der Waals surface area contributed by atoms with Crippen molar-refractivity contribution in [3.05, 3.63) is 71.2 Å². The van der Waals surface area contributed by atoms with Crippen LogP contribution in [0.25, 0.3) is 11.3 Å². The zero-order valence-electron chi connectivity index (χ0n) is 18.0. The summed E-state index contributed by atoms with van der Waals surface area (Å²) in [5.74, 6) is 0.302. The molecule has 1 aromatic carbocycles. The third-order valence-electron chi connectivity index (χ3n) is 6.49. The number of H-pyrrole nitrogens is 1. The Morgan fingerprint density at radius 1 is 1.13 bits per heavy atom. The molecule has 1 saturated heterocycles. The van der Waals surface area contributed by atoms with E-state index in [1.807, 2.05) is 17.0 Å². The van der Waals surface area contributed by atoms with Crippen LogP contribution in [0.4, 0.5) is 4.79 Å². The first-order valence-corrected chi connectivity index (χ1v) is 10.9. The van der Waals surface area contributed by atoms with E-state index in [0.29, 0.717) is 19.0 Å². The van der Waals surface area contributed by atoms with Crippen LogP contribution in [0.1, 0.15) is 28.3 Å². The Balaban J connectivity index is 1.31. The van der Waals surface area contributed by atoms with Gasteiger partial charge in [0.05, 0.1) is 18.3 Å². The number of benzene rings is 1. The average molecular weight is 417 g/mol. The first-order valence-electron chi connectivity index (χ1n) is 10.9. The highest BCUT2D eigenvalue weighted by Gasteiger charge is 2.35. The number of nitrogens with zero attached hydrogens (tertiary/aromatic N) is 4. The summed E-state index contributed by atoms with van der Waals surface area (Å²) in [5.41, 5.74) is 6.70. The molecule has 2 aliphatic heterocycles. The van der Waals surface area contributed by atoms with E-state index in [4.69, 9.17) is 0 Å². The van der Waals surface area contributed by atoms with Gasteiger partial charge in [-0.15, -0.1) is 0 Å². The van der Waals surface area contributed by atoms with Gasteiger partial charge in [0.25, 0.3) is 0 Å². The molecule has 0 bridgehead atoms. The molecule has 0 unspecified atom stereocenters. The summed E-state index contributed by atoms with van der Waals surface area (Å²) in [6, 6.07) is 12.7. The van der Waals surface area contributed by atoms with Crippen LogP contribution in [0.5, 0.6) is 0 Å². The first kappa shape index (κ1) is 19.8. The molecule has 2 atom stereocenters. The van der Waals surface area contributed by atoms with E-state index in [1.165, 1.54) is 11.1 Å². The van der Waals surface area contributed by atoms with Crippen molar-refractivity contribution in [2.45, 2.75) is 31.8 Å². The van der Waals surface area contributed by atoms with Crippen LogP contribution >= 0.6 is 0 Å². The number of likely N-dealkylation sites (N-methyl/N-ethyl adjacent to an activating group) is 1. The molecule has 160 valence electrons. The fraction of sp³-hybridized carbons (Fsp3) is 0.375. The number of aromatic amines is 1. The molecule has 0 spiro atoms. The van der Waals surface area contributed by atoms with Gasteiger partial charge in [-0.1, -0.05) is 29.8 Å². The molecule has 0 radical (unpaired) electrons. The van der Waals surface area contributed by atoms with E-state index >= 15 is 0 Å². The molecule has 7 nitrogen and oxygen atoms in total. The second-order valence-corrected chi connectivity index (χ2v) is 8.73. The van der Waals surface area contributed by atoms with E-state index in [1.54, 1.807) is 12.4 Å². The van der Waals surface area contributed by atoms with Crippen molar-refractivity contribution in [2.75, 3.05) is 26.7 Å². The number of rotatable bonds is 3. The summed E-state index contributed by atoms with van der Waals surface area (Å²) >= 11 is 0. The van der Waals surface area contributed by atoms with E-state index < -0.39 is 0 Å². The number of nitrogens with one attached hydrogen (secondary N) is 2. The smallest absolute Gasteiger partial charge is 0.317 e. The second kappa shape index (κ2) is 8.15. The number of amides is 2. The lowest BCUT2D eigenvalue weighted by molar-refractivity contribution is 0.187. The Bertz CT molecular complexity index is 1060. The molecule has 0 saturated carbocycles. The molecular formula is C24H28N6O. The average Bonchev–Trinajstić information content (AvgIpc) is 3.37. The summed E-state index contributed by atoms with van der Waals surface area (Å²) in [5, 5.41) is 11.0. The second-order valence-electron chi connectivity index (χ2n) is 8.73. The van der Waals surface area contributed by atoms with E-state index in [9.17, 15) is 4.79 Å². The van der Waals surface area contributed by atoms with Crippen molar-refractivity contribution < 1.29 is 4.79 Å². The summed E-state index contributed by atoms with van der Waals surface area (Å²) in [6.07, 6.45) is 4.32. The van der Waals surface area contributed by atoms with Gasteiger partial charge < -0.3 is 15.1 Å². The van der Waals surface area contributed by atoms with E-state index in [0.717, 1.165) is 42.0 Å². The lowest BCUT2D eigenvalue weighted by Gasteiger charge is -2.30. The third-order valence-corrected chi connectivity index (χ3v) is 6.49. The zero-order valence-corrected chi connectivity index (χ0v) is 18.0.